The first-order chi connectivity index (χ1) is 12.9. The second-order valence-electron chi connectivity index (χ2n) is 5.69. The van der Waals surface area contributed by atoms with Crippen molar-refractivity contribution in [1.29, 1.82) is 0 Å². The summed E-state index contributed by atoms with van der Waals surface area (Å²) in [4.78, 5) is 27.7. The summed E-state index contributed by atoms with van der Waals surface area (Å²) in [6.07, 6.45) is 1.69. The summed E-state index contributed by atoms with van der Waals surface area (Å²) < 4.78 is 5.08. The number of carbonyl (C=O) groups excluding carboxylic acids is 1. The zero-order chi connectivity index (χ0) is 19.4. The summed E-state index contributed by atoms with van der Waals surface area (Å²) >= 11 is 7.34. The normalized spacial score (nSPS) is 16.6. The van der Waals surface area contributed by atoms with Gasteiger partial charge in [-0.2, -0.15) is 0 Å². The van der Waals surface area contributed by atoms with Crippen LogP contribution in [-0.2, 0) is 9.59 Å². The van der Waals surface area contributed by atoms with Crippen molar-refractivity contribution in [3.05, 3.63) is 63.5 Å². The van der Waals surface area contributed by atoms with E-state index in [-0.39, 0.29) is 16.7 Å². The quantitative estimate of drug-likeness (QED) is 0.738. The lowest BCUT2D eigenvalue weighted by atomic mass is 10.2. The molecule has 3 rings (SSSR count). The van der Waals surface area contributed by atoms with Gasteiger partial charge in [0.25, 0.3) is 5.91 Å². The van der Waals surface area contributed by atoms with Gasteiger partial charge in [-0.15, -0.1) is 0 Å². The number of amides is 1. The predicted octanol–water partition coefficient (Wildman–Crippen LogP) is 4.00. The third-order valence-corrected chi connectivity index (χ3v) is 4.69. The molecule has 1 heterocycles. The van der Waals surface area contributed by atoms with Crippen molar-refractivity contribution in [3.63, 3.8) is 0 Å². The first-order valence-electron chi connectivity index (χ1n) is 7.91. The Morgan fingerprint density at radius 1 is 1.33 bits per heavy atom. The molecule has 1 aliphatic rings. The lowest BCUT2D eigenvalue weighted by Gasteiger charge is -2.06. The summed E-state index contributed by atoms with van der Waals surface area (Å²) in [5.41, 5.74) is 2.54. The number of aliphatic imine (C=N–C) groups is 1. The Morgan fingerprint density at radius 2 is 2.15 bits per heavy atom. The third-order valence-electron chi connectivity index (χ3n) is 3.49. The monoisotopic (exact) mass is 402 g/mol. The number of nitrogens with one attached hydrogen (secondary N) is 1. The van der Waals surface area contributed by atoms with E-state index in [0.717, 1.165) is 11.3 Å². The fourth-order valence-electron chi connectivity index (χ4n) is 2.31. The molecule has 6 nitrogen and oxygen atoms in total. The number of rotatable bonds is 5. The number of carbonyl (C=O) groups is 2. The van der Waals surface area contributed by atoms with E-state index in [1.165, 1.54) is 11.8 Å². The van der Waals surface area contributed by atoms with Crippen LogP contribution in [0.15, 0.2) is 52.4 Å². The van der Waals surface area contributed by atoms with Crippen LogP contribution < -0.4 is 10.1 Å². The van der Waals surface area contributed by atoms with Gasteiger partial charge < -0.3 is 15.2 Å². The molecule has 0 atom stereocenters. The first-order valence-corrected chi connectivity index (χ1v) is 9.10. The van der Waals surface area contributed by atoms with Gasteiger partial charge in [0.15, 0.2) is 11.8 Å². The fraction of sp³-hybridized carbons (Fsp3) is 0.105. The van der Waals surface area contributed by atoms with Gasteiger partial charge in [0.1, 0.15) is 5.75 Å². The molecule has 2 N–H and O–H groups in total. The molecule has 0 aliphatic carbocycles. The Kier molecular flexibility index (Phi) is 5.83. The minimum absolute atomic E-state index is 0.242. The molecule has 1 aliphatic heterocycles. The lowest BCUT2D eigenvalue weighted by Crippen LogP contribution is -2.19. The van der Waals surface area contributed by atoms with E-state index >= 15 is 0 Å². The molecule has 0 aromatic heterocycles. The van der Waals surface area contributed by atoms with Crippen LogP contribution in [0.1, 0.15) is 11.1 Å². The summed E-state index contributed by atoms with van der Waals surface area (Å²) in [5, 5.41) is 12.2. The van der Waals surface area contributed by atoms with Gasteiger partial charge >= 0.3 is 5.97 Å². The summed E-state index contributed by atoms with van der Waals surface area (Å²) in [6, 6.07) is 12.5. The number of aliphatic carboxylic acids is 1. The highest BCUT2D eigenvalue weighted by Gasteiger charge is 2.23. The number of halogens is 1. The molecule has 0 unspecified atom stereocenters. The number of thioether (sulfide) groups is 1. The Hall–Kier alpha value is -2.77. The van der Waals surface area contributed by atoms with E-state index in [2.05, 4.69) is 10.3 Å². The van der Waals surface area contributed by atoms with Gasteiger partial charge in [0.05, 0.1) is 15.6 Å². The Morgan fingerprint density at radius 3 is 2.85 bits per heavy atom. The van der Waals surface area contributed by atoms with E-state index in [1.807, 2.05) is 31.2 Å². The molecule has 1 fully saturated rings. The van der Waals surface area contributed by atoms with Crippen molar-refractivity contribution in [2.75, 3.05) is 6.61 Å². The van der Waals surface area contributed by atoms with Crippen LogP contribution in [0.4, 0.5) is 5.69 Å². The van der Waals surface area contributed by atoms with Crippen LogP contribution in [0.2, 0.25) is 5.02 Å². The molecule has 0 spiro atoms. The molecule has 2 aromatic carbocycles. The maximum atomic E-state index is 12.2. The van der Waals surface area contributed by atoms with Crippen molar-refractivity contribution < 1.29 is 19.4 Å². The van der Waals surface area contributed by atoms with E-state index in [1.54, 1.807) is 24.3 Å². The summed E-state index contributed by atoms with van der Waals surface area (Å²) in [6.45, 7) is 1.50. The van der Waals surface area contributed by atoms with E-state index in [9.17, 15) is 9.59 Å². The van der Waals surface area contributed by atoms with Crippen molar-refractivity contribution in [2.24, 2.45) is 4.99 Å². The first kappa shape index (κ1) is 19.0. The molecular weight excluding hydrogens is 388 g/mol. The van der Waals surface area contributed by atoms with Crippen LogP contribution >= 0.6 is 23.4 Å². The van der Waals surface area contributed by atoms with Crippen molar-refractivity contribution >= 4 is 52.2 Å². The van der Waals surface area contributed by atoms with Crippen molar-refractivity contribution in [3.8, 4) is 5.75 Å². The molecule has 0 saturated carbocycles. The second kappa shape index (κ2) is 8.28. The SMILES string of the molecule is Cc1cccc(N=C2NC(=O)/C(=C/c3ccc(OCC(=O)O)c(Cl)c3)S2)c1. The molecule has 8 heteroatoms. The number of carboxylic acid groups (broad SMARTS) is 1. The van der Waals surface area contributed by atoms with E-state index < -0.39 is 12.6 Å². The van der Waals surface area contributed by atoms with Crippen LogP contribution in [0, 0.1) is 6.92 Å². The van der Waals surface area contributed by atoms with Crippen LogP contribution in [-0.4, -0.2) is 28.8 Å². The topological polar surface area (TPSA) is 88.0 Å². The maximum absolute atomic E-state index is 12.2. The number of hydrogen-bond donors (Lipinski definition) is 2. The standard InChI is InChI=1S/C19H15ClN2O4S/c1-11-3-2-4-13(7-11)21-19-22-18(25)16(27-19)9-12-5-6-15(14(20)8-12)26-10-17(23)24/h2-9H,10H2,1H3,(H,23,24)(H,21,22,25)/b16-9-. The highest BCUT2D eigenvalue weighted by Crippen LogP contribution is 2.31. The Balaban J connectivity index is 1.76. The average molecular weight is 403 g/mol. The molecule has 1 saturated heterocycles. The maximum Gasteiger partial charge on any atom is 0.341 e. The molecule has 2 aromatic rings. The minimum Gasteiger partial charge on any atom is -0.480 e. The summed E-state index contributed by atoms with van der Waals surface area (Å²) in [7, 11) is 0. The molecular formula is C19H15ClN2O4S. The number of ether oxygens (including phenoxy) is 1. The lowest BCUT2D eigenvalue weighted by molar-refractivity contribution is -0.139. The number of nitrogens with zero attached hydrogens (tertiary/aromatic N) is 1. The third kappa shape index (κ3) is 5.12. The van der Waals surface area contributed by atoms with Gasteiger partial charge in [0, 0.05) is 0 Å². The van der Waals surface area contributed by atoms with Crippen LogP contribution in [0.3, 0.4) is 0 Å². The zero-order valence-electron chi connectivity index (χ0n) is 14.2. The number of benzene rings is 2. The zero-order valence-corrected chi connectivity index (χ0v) is 15.8. The van der Waals surface area contributed by atoms with Gasteiger partial charge in [-0.1, -0.05) is 29.8 Å². The highest BCUT2D eigenvalue weighted by molar-refractivity contribution is 8.18. The molecule has 138 valence electrons. The van der Waals surface area contributed by atoms with E-state index in [4.69, 9.17) is 21.4 Å². The molecule has 0 radical (unpaired) electrons. The Labute approximate surface area is 164 Å². The van der Waals surface area contributed by atoms with Crippen molar-refractivity contribution in [1.82, 2.24) is 5.32 Å². The average Bonchev–Trinajstić information content (AvgIpc) is 2.93. The van der Waals surface area contributed by atoms with Crippen LogP contribution in [0.25, 0.3) is 6.08 Å². The minimum atomic E-state index is -1.09. The molecule has 27 heavy (non-hydrogen) atoms. The van der Waals surface area contributed by atoms with Crippen molar-refractivity contribution in [2.45, 2.75) is 6.92 Å². The van der Waals surface area contributed by atoms with Gasteiger partial charge in [0.2, 0.25) is 0 Å². The van der Waals surface area contributed by atoms with Crippen LogP contribution in [0.5, 0.6) is 5.75 Å². The highest BCUT2D eigenvalue weighted by atomic mass is 35.5. The fourth-order valence-corrected chi connectivity index (χ4v) is 3.40. The predicted molar refractivity (Wildman–Crippen MR) is 107 cm³/mol. The molecule has 0 bridgehead atoms. The number of hydrogen-bond acceptors (Lipinski definition) is 5. The van der Waals surface area contributed by atoms with Gasteiger partial charge in [-0.3, -0.25) is 4.79 Å². The molecule has 1 amide bonds. The number of carboxylic acids is 1. The Bertz CT molecular complexity index is 972. The summed E-state index contributed by atoms with van der Waals surface area (Å²) in [5.74, 6) is -1.06. The second-order valence-corrected chi connectivity index (χ2v) is 7.13. The van der Waals surface area contributed by atoms with Gasteiger partial charge in [-0.05, 0) is 60.2 Å². The number of amidine groups is 1. The van der Waals surface area contributed by atoms with Gasteiger partial charge in [-0.25, -0.2) is 9.79 Å². The largest absolute Gasteiger partial charge is 0.480 e. The smallest absolute Gasteiger partial charge is 0.341 e. The number of aryl methyl sites for hydroxylation is 1. The van der Waals surface area contributed by atoms with E-state index in [0.29, 0.717) is 15.6 Å².